The fourth-order valence-corrected chi connectivity index (χ4v) is 6.12. The summed E-state index contributed by atoms with van der Waals surface area (Å²) in [7, 11) is 0. The summed E-state index contributed by atoms with van der Waals surface area (Å²) < 4.78 is 5.13. The van der Waals surface area contributed by atoms with Crippen LogP contribution in [0.25, 0.3) is 0 Å². The molecule has 0 bridgehead atoms. The molecule has 3 N–H and O–H groups in total. The molecule has 0 aliphatic rings. The van der Waals surface area contributed by atoms with Crippen LogP contribution in [0, 0.1) is 0 Å². The minimum Gasteiger partial charge on any atom is -0.411 e. The van der Waals surface area contributed by atoms with Gasteiger partial charge in [0.2, 0.25) is 18.2 Å². The van der Waals surface area contributed by atoms with Gasteiger partial charge in [0.15, 0.2) is 0 Å². The summed E-state index contributed by atoms with van der Waals surface area (Å²) in [5, 5.41) is 16.6. The van der Waals surface area contributed by atoms with Gasteiger partial charge in [-0.25, -0.2) is 0 Å². The van der Waals surface area contributed by atoms with Crippen LogP contribution in [0.4, 0.5) is 6.01 Å². The molecule has 8 heteroatoms. The molecular formula is C40H75N5O3. The van der Waals surface area contributed by atoms with E-state index in [9.17, 15) is 9.59 Å². The first-order valence-electron chi connectivity index (χ1n) is 20.4. The molecule has 1 heterocycles. The normalized spacial score (nSPS) is 12.0. The number of nitrogens with one attached hydrogen (secondary N) is 3. The lowest BCUT2D eigenvalue weighted by Gasteiger charge is -2.18. The summed E-state index contributed by atoms with van der Waals surface area (Å²) in [6.45, 7) is 5.64. The van der Waals surface area contributed by atoms with E-state index in [1.54, 1.807) is 0 Å². The highest BCUT2D eigenvalue weighted by molar-refractivity contribution is 5.87. The highest BCUT2D eigenvalue weighted by Crippen LogP contribution is 2.13. The Kier molecular flexibility index (Phi) is 31.4. The van der Waals surface area contributed by atoms with Crippen LogP contribution in [-0.4, -0.2) is 41.1 Å². The van der Waals surface area contributed by atoms with E-state index in [-0.39, 0.29) is 11.8 Å². The molecule has 278 valence electrons. The summed E-state index contributed by atoms with van der Waals surface area (Å²) in [5.41, 5.74) is 0. The Morgan fingerprint density at radius 3 is 1.62 bits per heavy atom. The third-order valence-corrected chi connectivity index (χ3v) is 9.22. The van der Waals surface area contributed by atoms with Gasteiger partial charge in [0.1, 0.15) is 6.04 Å². The number of rotatable bonds is 36. The smallest absolute Gasteiger partial charge is 0.315 e. The van der Waals surface area contributed by atoms with Gasteiger partial charge in [-0.15, -0.1) is 5.10 Å². The van der Waals surface area contributed by atoms with Crippen LogP contribution in [0.15, 0.2) is 23.0 Å². The molecule has 0 saturated carbocycles. The summed E-state index contributed by atoms with van der Waals surface area (Å²) in [6.07, 6.45) is 41.2. The Morgan fingerprint density at radius 2 is 1.12 bits per heavy atom. The van der Waals surface area contributed by atoms with Crippen molar-refractivity contribution in [2.24, 2.45) is 0 Å². The molecule has 0 radical (unpaired) electrons. The second-order valence-electron chi connectivity index (χ2n) is 13.8. The van der Waals surface area contributed by atoms with E-state index >= 15 is 0 Å². The van der Waals surface area contributed by atoms with Crippen LogP contribution in [0.3, 0.4) is 0 Å². The number of carbonyl (C=O) groups is 2. The van der Waals surface area contributed by atoms with Gasteiger partial charge in [0, 0.05) is 19.5 Å². The molecule has 2 amide bonds. The van der Waals surface area contributed by atoms with Gasteiger partial charge < -0.3 is 20.4 Å². The zero-order valence-corrected chi connectivity index (χ0v) is 31.3. The minimum absolute atomic E-state index is 0.0536. The topological polar surface area (TPSA) is 109 Å². The number of allylic oxidation sites excluding steroid dienone is 2. The first kappa shape index (κ1) is 43.6. The van der Waals surface area contributed by atoms with E-state index in [1.165, 1.54) is 141 Å². The molecule has 8 nitrogen and oxygen atoms in total. The number of nitrogens with zero attached hydrogens (tertiary/aromatic N) is 2. The van der Waals surface area contributed by atoms with Crippen molar-refractivity contribution in [3.05, 3.63) is 18.5 Å². The monoisotopic (exact) mass is 674 g/mol. The molecule has 1 atom stereocenters. The van der Waals surface area contributed by atoms with Crippen LogP contribution < -0.4 is 16.0 Å². The van der Waals surface area contributed by atoms with Crippen molar-refractivity contribution in [2.45, 2.75) is 206 Å². The molecule has 1 aromatic heterocycles. The van der Waals surface area contributed by atoms with E-state index in [1.807, 2.05) is 0 Å². The summed E-state index contributed by atoms with van der Waals surface area (Å²) in [6, 6.07) is -0.265. The minimum atomic E-state index is -0.581. The van der Waals surface area contributed by atoms with Crippen LogP contribution in [-0.2, 0) is 9.59 Å². The van der Waals surface area contributed by atoms with Gasteiger partial charge in [-0.3, -0.25) is 9.59 Å². The van der Waals surface area contributed by atoms with Crippen LogP contribution in [0.5, 0.6) is 0 Å². The molecule has 0 fully saturated rings. The molecule has 0 spiro atoms. The number of hydrogen-bond donors (Lipinski definition) is 3. The van der Waals surface area contributed by atoms with Gasteiger partial charge in [0.05, 0.1) is 0 Å². The molecule has 48 heavy (non-hydrogen) atoms. The van der Waals surface area contributed by atoms with Gasteiger partial charge >= 0.3 is 6.01 Å². The van der Waals surface area contributed by atoms with Gasteiger partial charge in [-0.2, -0.15) is 0 Å². The fourth-order valence-electron chi connectivity index (χ4n) is 6.12. The van der Waals surface area contributed by atoms with E-state index in [4.69, 9.17) is 4.42 Å². The molecule has 1 aromatic rings. The second kappa shape index (κ2) is 34.5. The van der Waals surface area contributed by atoms with E-state index in [0.29, 0.717) is 31.9 Å². The average Bonchev–Trinajstić information content (AvgIpc) is 3.61. The molecule has 0 aliphatic heterocycles. The zero-order chi connectivity index (χ0) is 34.6. The van der Waals surface area contributed by atoms with Crippen molar-refractivity contribution in [3.63, 3.8) is 0 Å². The van der Waals surface area contributed by atoms with E-state index in [2.05, 4.69) is 52.1 Å². The van der Waals surface area contributed by atoms with Crippen molar-refractivity contribution in [1.29, 1.82) is 0 Å². The lowest BCUT2D eigenvalue weighted by Crippen LogP contribution is -2.47. The lowest BCUT2D eigenvalue weighted by molar-refractivity contribution is -0.129. The number of anilines is 1. The van der Waals surface area contributed by atoms with Crippen molar-refractivity contribution in [1.82, 2.24) is 20.8 Å². The Labute approximate surface area is 295 Å². The maximum atomic E-state index is 13.0. The number of carbonyl (C=O) groups excluding carboxylic acids is 2. The summed E-state index contributed by atoms with van der Waals surface area (Å²) >= 11 is 0. The summed E-state index contributed by atoms with van der Waals surface area (Å²) in [5.74, 6) is -0.169. The van der Waals surface area contributed by atoms with Gasteiger partial charge in [-0.05, 0) is 44.9 Å². The van der Waals surface area contributed by atoms with Crippen molar-refractivity contribution in [2.75, 3.05) is 18.4 Å². The molecule has 0 saturated heterocycles. The third kappa shape index (κ3) is 28.6. The summed E-state index contributed by atoms with van der Waals surface area (Å²) in [4.78, 5) is 25.7. The highest BCUT2D eigenvalue weighted by atomic mass is 16.4. The molecule has 0 aromatic carbocycles. The fraction of sp³-hybridized carbons (Fsp3) is 0.850. The van der Waals surface area contributed by atoms with Crippen molar-refractivity contribution < 1.29 is 14.0 Å². The first-order valence-corrected chi connectivity index (χ1v) is 20.4. The Morgan fingerprint density at radius 1 is 0.646 bits per heavy atom. The molecule has 0 aliphatic carbocycles. The van der Waals surface area contributed by atoms with Crippen molar-refractivity contribution in [3.8, 4) is 0 Å². The Hall–Kier alpha value is -2.38. The van der Waals surface area contributed by atoms with Crippen molar-refractivity contribution >= 4 is 17.8 Å². The Bertz CT molecular complexity index is 861. The third-order valence-electron chi connectivity index (χ3n) is 9.22. The largest absolute Gasteiger partial charge is 0.411 e. The van der Waals surface area contributed by atoms with Crippen LogP contribution in [0.2, 0.25) is 0 Å². The number of amides is 2. The van der Waals surface area contributed by atoms with Gasteiger partial charge in [-0.1, -0.05) is 166 Å². The standard InChI is InChI=1S/C40H75N5O3/c1-3-5-7-9-11-13-15-17-19-20-22-24-26-28-30-32-38(46)44-37(33-35-42-40-45-43-36-48-40)39(47)41-34-31-29-27-25-23-21-18-16-14-12-10-8-6-4-2/h17,19,36-37H,3-16,18,20-35H2,1-2H3,(H,41,47)(H,42,45)(H,44,46)/b19-17-/t37-/m0/s1. The first-order chi connectivity index (χ1) is 23.7. The average molecular weight is 674 g/mol. The van der Waals surface area contributed by atoms with Crippen LogP contribution in [0.1, 0.15) is 200 Å². The number of aromatic nitrogens is 2. The molecular weight excluding hydrogens is 598 g/mol. The maximum Gasteiger partial charge on any atom is 0.315 e. The lowest BCUT2D eigenvalue weighted by atomic mass is 10.0. The van der Waals surface area contributed by atoms with Gasteiger partial charge in [0.25, 0.3) is 0 Å². The van der Waals surface area contributed by atoms with E-state index < -0.39 is 6.04 Å². The maximum absolute atomic E-state index is 13.0. The SMILES string of the molecule is CCCCCCCC/C=C\CCCCCCCC(=O)N[C@@H](CCNc1nnco1)C(=O)NCCCCCCCCCCCCCCCC. The quantitative estimate of drug-likeness (QED) is 0.0483. The zero-order valence-electron chi connectivity index (χ0n) is 31.3. The number of unbranched alkanes of at least 4 members (excludes halogenated alkanes) is 24. The van der Waals surface area contributed by atoms with E-state index in [0.717, 1.165) is 38.5 Å². The number of hydrogen-bond acceptors (Lipinski definition) is 6. The predicted octanol–water partition coefficient (Wildman–Crippen LogP) is 11.0. The molecule has 0 unspecified atom stereocenters. The molecule has 1 rings (SSSR count). The highest BCUT2D eigenvalue weighted by Gasteiger charge is 2.20. The Balaban J connectivity index is 2.14. The second-order valence-corrected chi connectivity index (χ2v) is 13.8. The predicted molar refractivity (Wildman–Crippen MR) is 202 cm³/mol. The van der Waals surface area contributed by atoms with Crippen LogP contribution >= 0.6 is 0 Å².